The van der Waals surface area contributed by atoms with Crippen LogP contribution in [0.3, 0.4) is 0 Å². The van der Waals surface area contributed by atoms with Crippen LogP contribution in [0.15, 0.2) is 36.7 Å². The van der Waals surface area contributed by atoms with Crippen molar-refractivity contribution in [1.82, 2.24) is 14.4 Å². The smallest absolute Gasteiger partial charge is 0.357 e. The first kappa shape index (κ1) is 20.2. The minimum absolute atomic E-state index is 0.0604. The Morgan fingerprint density at radius 3 is 2.53 bits per heavy atom. The first-order valence-electron chi connectivity index (χ1n) is 9.80. The molecule has 30 heavy (non-hydrogen) atoms. The van der Waals surface area contributed by atoms with Crippen molar-refractivity contribution < 1.29 is 18.0 Å². The molecule has 3 aromatic heterocycles. The third-order valence-electron chi connectivity index (χ3n) is 5.45. The molecule has 0 radical (unpaired) electrons. The second-order valence-electron chi connectivity index (χ2n) is 7.72. The highest BCUT2D eigenvalue weighted by Gasteiger charge is 2.31. The van der Waals surface area contributed by atoms with Crippen LogP contribution in [0.2, 0.25) is 0 Å². The molecular formula is C21H22F3N5O. The highest BCUT2D eigenvalue weighted by atomic mass is 19.4. The van der Waals surface area contributed by atoms with Crippen molar-refractivity contribution in [3.8, 4) is 0 Å². The lowest BCUT2D eigenvalue weighted by molar-refractivity contribution is -0.137. The molecule has 4 heterocycles. The predicted molar refractivity (Wildman–Crippen MR) is 108 cm³/mol. The van der Waals surface area contributed by atoms with E-state index < -0.39 is 17.6 Å². The number of aryl methyl sites for hydroxylation is 1. The van der Waals surface area contributed by atoms with E-state index in [9.17, 15) is 18.0 Å². The summed E-state index contributed by atoms with van der Waals surface area (Å²) in [5, 5.41) is 2.71. The van der Waals surface area contributed by atoms with Crippen molar-refractivity contribution in [2.24, 2.45) is 5.92 Å². The largest absolute Gasteiger partial charge is 0.417 e. The fourth-order valence-corrected chi connectivity index (χ4v) is 3.68. The van der Waals surface area contributed by atoms with E-state index in [0.717, 1.165) is 44.0 Å². The third kappa shape index (κ3) is 3.96. The molecule has 1 fully saturated rings. The molecule has 4 rings (SSSR count). The lowest BCUT2D eigenvalue weighted by Crippen LogP contribution is -2.33. The van der Waals surface area contributed by atoms with Gasteiger partial charge in [-0.2, -0.15) is 13.2 Å². The van der Waals surface area contributed by atoms with Gasteiger partial charge in [0.25, 0.3) is 5.91 Å². The van der Waals surface area contributed by atoms with Gasteiger partial charge in [-0.15, -0.1) is 0 Å². The molecule has 6 nitrogen and oxygen atoms in total. The Kier molecular flexibility index (Phi) is 5.13. The lowest BCUT2D eigenvalue weighted by atomic mass is 9.99. The van der Waals surface area contributed by atoms with Crippen molar-refractivity contribution in [2.75, 3.05) is 23.3 Å². The predicted octanol–water partition coefficient (Wildman–Crippen LogP) is 4.55. The Morgan fingerprint density at radius 2 is 1.90 bits per heavy atom. The van der Waals surface area contributed by atoms with Crippen LogP contribution in [0.5, 0.6) is 0 Å². The maximum absolute atomic E-state index is 13.1. The second kappa shape index (κ2) is 7.62. The molecular weight excluding hydrogens is 395 g/mol. The summed E-state index contributed by atoms with van der Waals surface area (Å²) in [5.41, 5.74) is 0.307. The highest BCUT2D eigenvalue weighted by Crippen LogP contribution is 2.30. The van der Waals surface area contributed by atoms with Gasteiger partial charge in [-0.1, -0.05) is 6.92 Å². The summed E-state index contributed by atoms with van der Waals surface area (Å²) in [6, 6.07) is 5.79. The van der Waals surface area contributed by atoms with Crippen LogP contribution < -0.4 is 10.2 Å². The van der Waals surface area contributed by atoms with E-state index in [-0.39, 0.29) is 11.3 Å². The fourth-order valence-electron chi connectivity index (χ4n) is 3.68. The number of nitrogens with zero attached hydrogens (tertiary/aromatic N) is 4. The number of carbonyl (C=O) groups excluding carboxylic acids is 1. The molecule has 9 heteroatoms. The molecule has 0 aromatic carbocycles. The van der Waals surface area contributed by atoms with Crippen LogP contribution >= 0.6 is 0 Å². The number of fused-ring (bicyclic) bond motifs is 1. The number of nitrogens with one attached hydrogen (secondary N) is 1. The molecule has 0 unspecified atom stereocenters. The van der Waals surface area contributed by atoms with Gasteiger partial charge in [0.2, 0.25) is 0 Å². The zero-order chi connectivity index (χ0) is 21.5. The van der Waals surface area contributed by atoms with E-state index in [2.05, 4.69) is 27.1 Å². The zero-order valence-electron chi connectivity index (χ0n) is 16.7. The van der Waals surface area contributed by atoms with E-state index in [1.54, 1.807) is 19.2 Å². The van der Waals surface area contributed by atoms with Crippen molar-refractivity contribution >= 4 is 23.1 Å². The number of halogens is 3. The van der Waals surface area contributed by atoms with Crippen LogP contribution in [-0.4, -0.2) is 33.4 Å². The first-order chi connectivity index (χ1) is 14.2. The van der Waals surface area contributed by atoms with Gasteiger partial charge in [0.05, 0.1) is 23.1 Å². The zero-order valence-corrected chi connectivity index (χ0v) is 16.7. The van der Waals surface area contributed by atoms with E-state index in [1.165, 1.54) is 10.5 Å². The number of pyridine rings is 2. The molecule has 0 bridgehead atoms. The molecule has 0 saturated carbocycles. The van der Waals surface area contributed by atoms with Crippen molar-refractivity contribution in [2.45, 2.75) is 32.9 Å². The standard InChI is InChI=1S/C21H22F3N5O/c1-13-7-9-28(10-8-13)17-6-4-16(11-25-17)27-20(30)19-14(2)26-18-5-3-15(12-29(18)19)21(22,23)24/h3-6,11-13H,7-10H2,1-2H3,(H,27,30). The Labute approximate surface area is 171 Å². The van der Waals surface area contributed by atoms with Gasteiger partial charge in [0.1, 0.15) is 17.2 Å². The van der Waals surface area contributed by atoms with Gasteiger partial charge >= 0.3 is 6.18 Å². The van der Waals surface area contributed by atoms with Crippen molar-refractivity contribution in [3.05, 3.63) is 53.6 Å². The molecule has 1 saturated heterocycles. The Balaban J connectivity index is 1.55. The number of imidazole rings is 1. The number of alkyl halides is 3. The van der Waals surface area contributed by atoms with Crippen LogP contribution in [0.25, 0.3) is 5.65 Å². The van der Waals surface area contributed by atoms with Crippen LogP contribution in [-0.2, 0) is 6.18 Å². The topological polar surface area (TPSA) is 62.5 Å². The number of carbonyl (C=O) groups is 1. The van der Waals surface area contributed by atoms with E-state index in [0.29, 0.717) is 17.3 Å². The fraction of sp³-hybridized carbons (Fsp3) is 0.381. The van der Waals surface area contributed by atoms with E-state index in [4.69, 9.17) is 0 Å². The number of rotatable bonds is 3. The number of hydrogen-bond acceptors (Lipinski definition) is 4. The van der Waals surface area contributed by atoms with Gasteiger partial charge in [0, 0.05) is 19.3 Å². The molecule has 158 valence electrons. The van der Waals surface area contributed by atoms with E-state index >= 15 is 0 Å². The lowest BCUT2D eigenvalue weighted by Gasteiger charge is -2.31. The van der Waals surface area contributed by atoms with Gasteiger partial charge < -0.3 is 10.2 Å². The highest BCUT2D eigenvalue weighted by molar-refractivity contribution is 6.04. The third-order valence-corrected chi connectivity index (χ3v) is 5.45. The molecule has 1 aliphatic rings. The molecule has 0 atom stereocenters. The Hall–Kier alpha value is -3.10. The minimum atomic E-state index is -4.51. The average molecular weight is 417 g/mol. The summed E-state index contributed by atoms with van der Waals surface area (Å²) >= 11 is 0. The normalized spacial score (nSPS) is 15.6. The summed E-state index contributed by atoms with van der Waals surface area (Å²) < 4.78 is 40.4. The molecule has 1 N–H and O–H groups in total. The summed E-state index contributed by atoms with van der Waals surface area (Å²) in [4.78, 5) is 23.6. The quantitative estimate of drug-likeness (QED) is 0.679. The summed E-state index contributed by atoms with van der Waals surface area (Å²) in [5.74, 6) is 1.02. The monoisotopic (exact) mass is 417 g/mol. The summed E-state index contributed by atoms with van der Waals surface area (Å²) in [6.45, 7) is 5.72. The SMILES string of the molecule is Cc1nc2ccc(C(F)(F)F)cn2c1C(=O)Nc1ccc(N2CCC(C)CC2)nc1. The van der Waals surface area contributed by atoms with Crippen molar-refractivity contribution in [1.29, 1.82) is 0 Å². The van der Waals surface area contributed by atoms with Gasteiger partial charge in [-0.05, 0) is 49.9 Å². The Bertz CT molecular complexity index is 1070. The van der Waals surface area contributed by atoms with Gasteiger partial charge in [-0.3, -0.25) is 9.20 Å². The minimum Gasteiger partial charge on any atom is -0.357 e. The van der Waals surface area contributed by atoms with Gasteiger partial charge in [-0.25, -0.2) is 9.97 Å². The van der Waals surface area contributed by atoms with Crippen LogP contribution in [0.4, 0.5) is 24.7 Å². The molecule has 1 amide bonds. The molecule has 0 aliphatic carbocycles. The molecule has 1 aliphatic heterocycles. The maximum Gasteiger partial charge on any atom is 0.417 e. The Morgan fingerprint density at radius 1 is 1.17 bits per heavy atom. The first-order valence-corrected chi connectivity index (χ1v) is 9.80. The summed E-state index contributed by atoms with van der Waals surface area (Å²) in [6.07, 6.45) is 0.182. The summed E-state index contributed by atoms with van der Waals surface area (Å²) in [7, 11) is 0. The average Bonchev–Trinajstić information content (AvgIpc) is 3.03. The number of anilines is 2. The van der Waals surface area contributed by atoms with E-state index in [1.807, 2.05) is 6.07 Å². The van der Waals surface area contributed by atoms with Crippen molar-refractivity contribution in [3.63, 3.8) is 0 Å². The van der Waals surface area contributed by atoms with Gasteiger partial charge in [0.15, 0.2) is 0 Å². The van der Waals surface area contributed by atoms with Crippen LogP contribution in [0.1, 0.15) is 41.5 Å². The molecule has 0 spiro atoms. The number of piperidine rings is 1. The van der Waals surface area contributed by atoms with Crippen LogP contribution in [0, 0.1) is 12.8 Å². The molecule has 3 aromatic rings. The number of amides is 1. The second-order valence-corrected chi connectivity index (χ2v) is 7.72. The number of hydrogen-bond donors (Lipinski definition) is 1. The number of aromatic nitrogens is 3. The maximum atomic E-state index is 13.1.